The van der Waals surface area contributed by atoms with Crippen molar-refractivity contribution in [2.75, 3.05) is 7.11 Å². The van der Waals surface area contributed by atoms with Crippen molar-refractivity contribution in [1.29, 1.82) is 0 Å². The Kier molecular flexibility index (Phi) is 4.77. The summed E-state index contributed by atoms with van der Waals surface area (Å²) in [5.74, 6) is -2.10. The lowest BCUT2D eigenvalue weighted by Crippen LogP contribution is -2.32. The van der Waals surface area contributed by atoms with Crippen molar-refractivity contribution in [2.45, 2.75) is 31.7 Å². The Morgan fingerprint density at radius 3 is 2.84 bits per heavy atom. The number of aryl methyl sites for hydroxylation is 2. The molecule has 0 saturated heterocycles. The molecule has 0 spiro atoms. The molecular weight excluding hydrogens is 410 g/mol. The maximum absolute atomic E-state index is 13.6. The molecule has 4 heterocycles. The number of carbonyl (C=O) groups is 1. The largest absolute Gasteiger partial charge is 0.493 e. The van der Waals surface area contributed by atoms with Gasteiger partial charge in [-0.2, -0.15) is 4.98 Å². The molecule has 1 aliphatic rings. The van der Waals surface area contributed by atoms with Gasteiger partial charge in [0.15, 0.2) is 0 Å². The molecule has 0 fully saturated rings. The molecule has 8 nitrogen and oxygen atoms in total. The number of ether oxygens (including phenoxy) is 1. The number of nitrogens with zero attached hydrogens (tertiary/aromatic N) is 3. The molecule has 1 N–H and O–H groups in total. The van der Waals surface area contributed by atoms with Gasteiger partial charge in [-0.15, -0.1) is 0 Å². The minimum absolute atomic E-state index is 0.102. The van der Waals surface area contributed by atoms with Crippen molar-refractivity contribution >= 4 is 22.5 Å². The van der Waals surface area contributed by atoms with Crippen LogP contribution in [0.4, 0.5) is 0 Å². The fourth-order valence-corrected chi connectivity index (χ4v) is 4.65. The van der Waals surface area contributed by atoms with Crippen molar-refractivity contribution in [3.05, 3.63) is 86.1 Å². The Labute approximate surface area is 182 Å². The van der Waals surface area contributed by atoms with Gasteiger partial charge in [0.1, 0.15) is 5.65 Å². The van der Waals surface area contributed by atoms with Crippen LogP contribution < -0.4 is 11.1 Å². The molecule has 0 bridgehead atoms. The minimum Gasteiger partial charge on any atom is -0.493 e. The van der Waals surface area contributed by atoms with Crippen LogP contribution in [0.25, 0.3) is 16.6 Å². The third kappa shape index (κ3) is 3.07. The quantitative estimate of drug-likeness (QED) is 0.498. The van der Waals surface area contributed by atoms with Gasteiger partial charge >= 0.3 is 5.97 Å². The average Bonchev–Trinajstić information content (AvgIpc) is 2.80. The zero-order valence-corrected chi connectivity index (χ0v) is 17.4. The molecule has 0 unspecified atom stereocenters. The molecule has 1 atom stereocenters. The highest BCUT2D eigenvalue weighted by molar-refractivity contribution is 5.84. The summed E-state index contributed by atoms with van der Waals surface area (Å²) >= 11 is 0. The van der Waals surface area contributed by atoms with E-state index in [1.165, 1.54) is 17.7 Å². The fourth-order valence-electron chi connectivity index (χ4n) is 4.65. The number of hydrogen-bond donors (Lipinski definition) is 1. The number of benzene rings is 1. The molecule has 0 amide bonds. The van der Waals surface area contributed by atoms with Crippen LogP contribution in [-0.4, -0.2) is 32.1 Å². The van der Waals surface area contributed by atoms with Crippen LogP contribution in [0.5, 0.6) is 5.88 Å². The number of fused-ring (bicyclic) bond motifs is 1. The summed E-state index contributed by atoms with van der Waals surface area (Å²) in [6, 6.07) is 12.5. The van der Waals surface area contributed by atoms with Gasteiger partial charge in [-0.3, -0.25) is 18.8 Å². The molecule has 162 valence electrons. The minimum atomic E-state index is -1.01. The van der Waals surface area contributed by atoms with Crippen molar-refractivity contribution in [1.82, 2.24) is 14.0 Å². The third-order valence-corrected chi connectivity index (χ3v) is 6.12. The second-order valence-electron chi connectivity index (χ2n) is 7.93. The van der Waals surface area contributed by atoms with E-state index >= 15 is 0 Å². The lowest BCUT2D eigenvalue weighted by molar-refractivity contribution is -0.140. The molecule has 0 radical (unpaired) electrons. The van der Waals surface area contributed by atoms with Crippen LogP contribution in [0, 0.1) is 0 Å². The molecule has 1 aromatic carbocycles. The highest BCUT2D eigenvalue weighted by atomic mass is 16.5. The zero-order chi connectivity index (χ0) is 22.4. The van der Waals surface area contributed by atoms with Crippen molar-refractivity contribution in [3.63, 3.8) is 0 Å². The first-order valence-corrected chi connectivity index (χ1v) is 10.4. The first-order chi connectivity index (χ1) is 15.5. The van der Waals surface area contributed by atoms with Crippen molar-refractivity contribution in [2.24, 2.45) is 0 Å². The number of pyridine rings is 2. The average molecular weight is 431 g/mol. The molecule has 0 aliphatic carbocycles. The second kappa shape index (κ2) is 7.64. The standard InChI is InChI=1S/C24H21N3O5/c1-32-19(28)13-16(20-22(29)25-18-9-2-3-10-26(18)24(20)31)17-12-15-7-4-6-14-8-5-11-27(21(14)15)23(17)30/h2-4,6-7,9-10,12,16,29H,5,8,11,13H2,1H3/t16-/m0/s1. The first-order valence-electron chi connectivity index (χ1n) is 10.4. The summed E-state index contributed by atoms with van der Waals surface area (Å²) in [4.78, 5) is 43.3. The highest BCUT2D eigenvalue weighted by Crippen LogP contribution is 2.32. The summed E-state index contributed by atoms with van der Waals surface area (Å²) < 4.78 is 7.84. The Hall–Kier alpha value is -3.94. The number of para-hydroxylation sites is 1. The molecular formula is C24H21N3O5. The van der Waals surface area contributed by atoms with Crippen LogP contribution in [0.2, 0.25) is 0 Å². The van der Waals surface area contributed by atoms with E-state index in [1.807, 2.05) is 18.2 Å². The normalized spacial score (nSPS) is 13.9. The van der Waals surface area contributed by atoms with Gasteiger partial charge in [0.2, 0.25) is 5.88 Å². The van der Waals surface area contributed by atoms with Crippen molar-refractivity contribution in [3.8, 4) is 5.88 Å². The molecule has 1 aliphatic heterocycles. The van der Waals surface area contributed by atoms with E-state index in [0.29, 0.717) is 6.54 Å². The second-order valence-corrected chi connectivity index (χ2v) is 7.93. The van der Waals surface area contributed by atoms with E-state index in [-0.39, 0.29) is 28.8 Å². The summed E-state index contributed by atoms with van der Waals surface area (Å²) in [5, 5.41) is 11.6. The Morgan fingerprint density at radius 1 is 1.19 bits per heavy atom. The lowest BCUT2D eigenvalue weighted by atomic mass is 9.88. The van der Waals surface area contributed by atoms with E-state index in [0.717, 1.165) is 29.3 Å². The number of hydrogen-bond acceptors (Lipinski definition) is 6. The van der Waals surface area contributed by atoms with E-state index in [4.69, 9.17) is 4.74 Å². The Morgan fingerprint density at radius 2 is 2.03 bits per heavy atom. The molecule has 4 aromatic rings. The maximum Gasteiger partial charge on any atom is 0.306 e. The van der Waals surface area contributed by atoms with Crippen LogP contribution in [0.15, 0.2) is 58.3 Å². The molecule has 3 aromatic heterocycles. The number of methoxy groups -OCH3 is 1. The summed E-state index contributed by atoms with van der Waals surface area (Å²) in [6.45, 7) is 0.548. The fraction of sp³-hybridized carbons (Fsp3) is 0.250. The van der Waals surface area contributed by atoms with Crippen LogP contribution >= 0.6 is 0 Å². The molecule has 8 heteroatoms. The lowest BCUT2D eigenvalue weighted by Gasteiger charge is -2.23. The monoisotopic (exact) mass is 431 g/mol. The summed E-state index contributed by atoms with van der Waals surface area (Å²) in [5.41, 5.74) is 1.58. The van der Waals surface area contributed by atoms with Gasteiger partial charge in [-0.05, 0) is 42.0 Å². The van der Waals surface area contributed by atoms with Gasteiger partial charge in [0, 0.05) is 24.2 Å². The van der Waals surface area contributed by atoms with Gasteiger partial charge in [-0.1, -0.05) is 24.3 Å². The van der Waals surface area contributed by atoms with Crippen molar-refractivity contribution < 1.29 is 14.6 Å². The number of aromatic hydroxyl groups is 1. The molecule has 32 heavy (non-hydrogen) atoms. The Bertz CT molecular complexity index is 1500. The van der Waals surface area contributed by atoms with Crippen LogP contribution in [0.3, 0.4) is 0 Å². The molecule has 5 rings (SSSR count). The van der Waals surface area contributed by atoms with Crippen LogP contribution in [0.1, 0.15) is 35.4 Å². The topological polar surface area (TPSA) is 103 Å². The number of aromatic nitrogens is 3. The predicted molar refractivity (Wildman–Crippen MR) is 118 cm³/mol. The maximum atomic E-state index is 13.6. The smallest absolute Gasteiger partial charge is 0.306 e. The highest BCUT2D eigenvalue weighted by Gasteiger charge is 2.30. The van der Waals surface area contributed by atoms with Gasteiger partial charge in [0.25, 0.3) is 11.1 Å². The third-order valence-electron chi connectivity index (χ3n) is 6.12. The first kappa shape index (κ1) is 20.0. The Balaban J connectivity index is 1.82. The van der Waals surface area contributed by atoms with E-state index in [2.05, 4.69) is 4.98 Å². The summed E-state index contributed by atoms with van der Waals surface area (Å²) in [7, 11) is 1.24. The van der Waals surface area contributed by atoms with E-state index in [1.54, 1.807) is 28.8 Å². The number of rotatable bonds is 4. The van der Waals surface area contributed by atoms with Gasteiger partial charge in [-0.25, -0.2) is 0 Å². The predicted octanol–water partition coefficient (Wildman–Crippen LogP) is 2.36. The SMILES string of the molecule is COC(=O)C[C@@H](c1cc2cccc3c2n(c1=O)CCC3)c1c(O)nc2ccccn2c1=O. The van der Waals surface area contributed by atoms with E-state index in [9.17, 15) is 19.5 Å². The summed E-state index contributed by atoms with van der Waals surface area (Å²) in [6.07, 6.45) is 2.97. The molecule has 0 saturated carbocycles. The van der Waals surface area contributed by atoms with Gasteiger partial charge < -0.3 is 14.4 Å². The van der Waals surface area contributed by atoms with Crippen LogP contribution in [-0.2, 0) is 22.5 Å². The number of carbonyl (C=O) groups excluding carboxylic acids is 1. The van der Waals surface area contributed by atoms with E-state index < -0.39 is 23.3 Å². The van der Waals surface area contributed by atoms with Gasteiger partial charge in [0.05, 0.1) is 24.6 Å². The number of esters is 1. The zero-order valence-electron chi connectivity index (χ0n) is 17.4.